The topological polar surface area (TPSA) is 55.1 Å². The maximum absolute atomic E-state index is 11.5. The highest BCUT2D eigenvalue weighted by atomic mass is 35.5. The first-order valence-corrected chi connectivity index (χ1v) is 5.12. The molecule has 0 radical (unpaired) electrons. The van der Waals surface area contributed by atoms with Crippen LogP contribution in [0.15, 0.2) is 22.2 Å². The SMILES string of the molecule is C=C(Cl)CNC(=O)c1cc(C2CC2)on1. The van der Waals surface area contributed by atoms with Crippen molar-refractivity contribution in [2.24, 2.45) is 0 Å². The van der Waals surface area contributed by atoms with Gasteiger partial charge in [0.1, 0.15) is 5.76 Å². The zero-order chi connectivity index (χ0) is 10.8. The Labute approximate surface area is 92.3 Å². The van der Waals surface area contributed by atoms with Crippen molar-refractivity contribution < 1.29 is 9.32 Å². The molecule has 1 fully saturated rings. The van der Waals surface area contributed by atoms with E-state index in [2.05, 4.69) is 17.1 Å². The lowest BCUT2D eigenvalue weighted by Gasteiger charge is -1.98. The van der Waals surface area contributed by atoms with E-state index in [1.54, 1.807) is 6.07 Å². The minimum Gasteiger partial charge on any atom is -0.360 e. The molecular formula is C10H11ClN2O2. The van der Waals surface area contributed by atoms with E-state index in [4.69, 9.17) is 16.1 Å². The first kappa shape index (κ1) is 10.2. The third kappa shape index (κ3) is 2.59. The van der Waals surface area contributed by atoms with Gasteiger partial charge in [-0.15, -0.1) is 0 Å². The molecule has 0 aliphatic heterocycles. The first-order valence-electron chi connectivity index (χ1n) is 4.75. The molecule has 80 valence electrons. The van der Waals surface area contributed by atoms with Gasteiger partial charge in [0.25, 0.3) is 5.91 Å². The van der Waals surface area contributed by atoms with Crippen LogP contribution in [0, 0.1) is 0 Å². The summed E-state index contributed by atoms with van der Waals surface area (Å²) in [5, 5.41) is 6.66. The van der Waals surface area contributed by atoms with Crippen molar-refractivity contribution in [2.75, 3.05) is 6.54 Å². The molecular weight excluding hydrogens is 216 g/mol. The summed E-state index contributed by atoms with van der Waals surface area (Å²) in [7, 11) is 0. The van der Waals surface area contributed by atoms with Crippen LogP contribution >= 0.6 is 11.6 Å². The maximum atomic E-state index is 11.5. The van der Waals surface area contributed by atoms with Gasteiger partial charge in [-0.3, -0.25) is 4.79 Å². The maximum Gasteiger partial charge on any atom is 0.273 e. The summed E-state index contributed by atoms with van der Waals surface area (Å²) in [5.41, 5.74) is 0.301. The highest BCUT2D eigenvalue weighted by Gasteiger charge is 2.28. The minimum absolute atomic E-state index is 0.242. The first-order chi connectivity index (χ1) is 7.16. The lowest BCUT2D eigenvalue weighted by molar-refractivity contribution is 0.0948. The second kappa shape index (κ2) is 4.06. The molecule has 1 saturated carbocycles. The smallest absolute Gasteiger partial charge is 0.273 e. The van der Waals surface area contributed by atoms with Crippen LogP contribution in [-0.2, 0) is 0 Å². The van der Waals surface area contributed by atoms with Gasteiger partial charge < -0.3 is 9.84 Å². The Kier molecular flexibility index (Phi) is 2.77. The Hall–Kier alpha value is -1.29. The standard InChI is InChI=1S/C10H11ClN2O2/c1-6(11)5-12-10(14)8-4-9(15-13-8)7-2-3-7/h4,7H,1-3,5H2,(H,12,14). The number of nitrogens with zero attached hydrogens (tertiary/aromatic N) is 1. The Morgan fingerprint density at radius 1 is 1.73 bits per heavy atom. The summed E-state index contributed by atoms with van der Waals surface area (Å²) < 4.78 is 5.05. The number of nitrogens with one attached hydrogen (secondary N) is 1. The van der Waals surface area contributed by atoms with Crippen molar-refractivity contribution in [1.82, 2.24) is 10.5 Å². The van der Waals surface area contributed by atoms with Gasteiger partial charge in [0.15, 0.2) is 5.69 Å². The van der Waals surface area contributed by atoms with Gasteiger partial charge in [-0.05, 0) is 12.8 Å². The van der Waals surface area contributed by atoms with E-state index in [1.165, 1.54) is 0 Å². The Morgan fingerprint density at radius 2 is 2.47 bits per heavy atom. The molecule has 0 bridgehead atoms. The lowest BCUT2D eigenvalue weighted by Crippen LogP contribution is -2.24. The number of carbonyl (C=O) groups excluding carboxylic acids is 1. The summed E-state index contributed by atoms with van der Waals surface area (Å²) in [6.07, 6.45) is 2.24. The van der Waals surface area contributed by atoms with Crippen LogP contribution in [0.3, 0.4) is 0 Å². The molecule has 1 aliphatic carbocycles. The number of halogens is 1. The normalized spacial score (nSPS) is 15.0. The van der Waals surface area contributed by atoms with Crippen LogP contribution in [0.4, 0.5) is 0 Å². The van der Waals surface area contributed by atoms with Gasteiger partial charge >= 0.3 is 0 Å². The van der Waals surface area contributed by atoms with E-state index in [0.717, 1.165) is 18.6 Å². The number of hydrogen-bond acceptors (Lipinski definition) is 3. The highest BCUT2D eigenvalue weighted by molar-refractivity contribution is 6.29. The van der Waals surface area contributed by atoms with Gasteiger partial charge in [-0.1, -0.05) is 23.3 Å². The van der Waals surface area contributed by atoms with E-state index in [9.17, 15) is 4.79 Å². The monoisotopic (exact) mass is 226 g/mol. The third-order valence-corrected chi connectivity index (χ3v) is 2.32. The highest BCUT2D eigenvalue weighted by Crippen LogP contribution is 2.40. The molecule has 0 saturated heterocycles. The molecule has 4 nitrogen and oxygen atoms in total. The van der Waals surface area contributed by atoms with Gasteiger partial charge in [0.2, 0.25) is 0 Å². The van der Waals surface area contributed by atoms with Crippen LogP contribution in [0.5, 0.6) is 0 Å². The summed E-state index contributed by atoms with van der Waals surface area (Å²) in [6.45, 7) is 3.71. The Bertz CT molecular complexity index is 396. The minimum atomic E-state index is -0.285. The number of hydrogen-bond donors (Lipinski definition) is 1. The zero-order valence-electron chi connectivity index (χ0n) is 8.12. The van der Waals surface area contributed by atoms with Gasteiger partial charge in [-0.2, -0.15) is 0 Å². The van der Waals surface area contributed by atoms with Crippen molar-refractivity contribution in [2.45, 2.75) is 18.8 Å². The number of rotatable bonds is 4. The van der Waals surface area contributed by atoms with E-state index in [-0.39, 0.29) is 12.5 Å². The van der Waals surface area contributed by atoms with E-state index >= 15 is 0 Å². The molecule has 1 N–H and O–H groups in total. The number of carbonyl (C=O) groups is 1. The molecule has 1 heterocycles. The summed E-state index contributed by atoms with van der Waals surface area (Å²) in [4.78, 5) is 11.5. The fourth-order valence-electron chi connectivity index (χ4n) is 1.22. The molecule has 1 aromatic heterocycles. The molecule has 5 heteroatoms. The second-order valence-corrected chi connectivity index (χ2v) is 4.12. The largest absolute Gasteiger partial charge is 0.360 e. The predicted molar refractivity (Wildman–Crippen MR) is 55.8 cm³/mol. The molecule has 0 atom stereocenters. The number of amides is 1. The average Bonchev–Trinajstić information content (AvgIpc) is 2.93. The lowest BCUT2D eigenvalue weighted by atomic mass is 10.3. The van der Waals surface area contributed by atoms with Crippen LogP contribution in [0.2, 0.25) is 0 Å². The molecule has 0 unspecified atom stereocenters. The molecule has 1 aromatic rings. The fourth-order valence-corrected chi connectivity index (χ4v) is 1.29. The quantitative estimate of drug-likeness (QED) is 0.855. The zero-order valence-corrected chi connectivity index (χ0v) is 8.88. The second-order valence-electron chi connectivity index (χ2n) is 3.59. The molecule has 0 aromatic carbocycles. The third-order valence-electron chi connectivity index (χ3n) is 2.18. The van der Waals surface area contributed by atoms with Gasteiger partial charge in [0, 0.05) is 17.0 Å². The molecule has 0 spiro atoms. The van der Waals surface area contributed by atoms with Crippen molar-refractivity contribution in [3.8, 4) is 0 Å². The Morgan fingerprint density at radius 3 is 3.07 bits per heavy atom. The van der Waals surface area contributed by atoms with Crippen molar-refractivity contribution >= 4 is 17.5 Å². The van der Waals surface area contributed by atoms with Crippen LogP contribution in [0.25, 0.3) is 0 Å². The van der Waals surface area contributed by atoms with Gasteiger partial charge in [-0.25, -0.2) is 0 Å². The summed E-state index contributed by atoms with van der Waals surface area (Å²) in [6, 6.07) is 1.68. The summed E-state index contributed by atoms with van der Waals surface area (Å²) in [5.74, 6) is 0.972. The van der Waals surface area contributed by atoms with Crippen LogP contribution in [-0.4, -0.2) is 17.6 Å². The van der Waals surface area contributed by atoms with Crippen molar-refractivity contribution in [1.29, 1.82) is 0 Å². The molecule has 15 heavy (non-hydrogen) atoms. The predicted octanol–water partition coefficient (Wildman–Crippen LogP) is 2.03. The van der Waals surface area contributed by atoms with Crippen molar-refractivity contribution in [3.63, 3.8) is 0 Å². The molecule has 1 amide bonds. The van der Waals surface area contributed by atoms with Crippen LogP contribution < -0.4 is 5.32 Å². The van der Waals surface area contributed by atoms with Crippen molar-refractivity contribution in [3.05, 3.63) is 29.1 Å². The van der Waals surface area contributed by atoms with E-state index in [0.29, 0.717) is 16.6 Å². The van der Waals surface area contributed by atoms with E-state index < -0.39 is 0 Å². The molecule has 1 aliphatic rings. The van der Waals surface area contributed by atoms with Crippen LogP contribution in [0.1, 0.15) is 35.0 Å². The molecule has 2 rings (SSSR count). The van der Waals surface area contributed by atoms with Gasteiger partial charge in [0.05, 0.1) is 6.54 Å². The average molecular weight is 227 g/mol. The Balaban J connectivity index is 1.95. The summed E-state index contributed by atoms with van der Waals surface area (Å²) >= 11 is 5.52. The van der Waals surface area contributed by atoms with E-state index in [1.807, 2.05) is 0 Å². The number of aromatic nitrogens is 1. The fraction of sp³-hybridized carbons (Fsp3) is 0.400.